The van der Waals surface area contributed by atoms with E-state index in [-0.39, 0.29) is 6.10 Å². The maximum atomic E-state index is 10.7. The fourth-order valence-corrected chi connectivity index (χ4v) is 3.36. The topological polar surface area (TPSA) is 29.5 Å². The van der Waals surface area contributed by atoms with Crippen LogP contribution in [0.4, 0.5) is 0 Å². The van der Waals surface area contributed by atoms with Crippen LogP contribution in [0.1, 0.15) is 17.2 Å². The Kier molecular flexibility index (Phi) is 2.81. The lowest BCUT2D eigenvalue weighted by molar-refractivity contribution is 0.0159. The fourth-order valence-electron chi connectivity index (χ4n) is 3.36. The first-order valence-corrected chi connectivity index (χ1v) is 7.13. The third-order valence-electron chi connectivity index (χ3n) is 4.35. The molecule has 0 saturated heterocycles. The highest BCUT2D eigenvalue weighted by atomic mass is 16.5. The van der Waals surface area contributed by atoms with E-state index in [1.54, 1.807) is 7.11 Å². The number of fused-ring (bicyclic) bond motifs is 6. The van der Waals surface area contributed by atoms with E-state index in [9.17, 15) is 5.11 Å². The molecular formula is C19H16O2. The minimum Gasteiger partial charge on any atom is -0.385 e. The van der Waals surface area contributed by atoms with Crippen LogP contribution in [0.15, 0.2) is 54.6 Å². The molecule has 0 radical (unpaired) electrons. The molecule has 21 heavy (non-hydrogen) atoms. The van der Waals surface area contributed by atoms with Crippen molar-refractivity contribution in [2.24, 2.45) is 0 Å². The molecule has 0 spiro atoms. The van der Waals surface area contributed by atoms with Crippen LogP contribution in [-0.2, 0) is 4.74 Å². The van der Waals surface area contributed by atoms with Crippen LogP contribution in [0.2, 0.25) is 0 Å². The monoisotopic (exact) mass is 276 g/mol. The molecule has 1 N–H and O–H groups in total. The highest BCUT2D eigenvalue weighted by Gasteiger charge is 2.27. The molecule has 104 valence electrons. The number of ether oxygens (including phenoxy) is 1. The zero-order valence-electron chi connectivity index (χ0n) is 11.8. The molecule has 1 aliphatic carbocycles. The number of methoxy groups -OCH3 is 1. The summed E-state index contributed by atoms with van der Waals surface area (Å²) in [6.07, 6.45) is 3.09. The first kappa shape index (κ1) is 12.6. The van der Waals surface area contributed by atoms with Crippen LogP contribution in [0.25, 0.3) is 27.6 Å². The summed E-state index contributed by atoms with van der Waals surface area (Å²) in [6.45, 7) is 0. The van der Waals surface area contributed by atoms with Crippen molar-refractivity contribution < 1.29 is 9.84 Å². The molecule has 0 aromatic heterocycles. The lowest BCUT2D eigenvalue weighted by Gasteiger charge is -2.27. The summed E-state index contributed by atoms with van der Waals surface area (Å²) >= 11 is 0. The summed E-state index contributed by atoms with van der Waals surface area (Å²) in [5, 5.41) is 15.4. The van der Waals surface area contributed by atoms with Gasteiger partial charge >= 0.3 is 0 Å². The van der Waals surface area contributed by atoms with Gasteiger partial charge in [-0.25, -0.2) is 0 Å². The molecule has 0 amide bonds. The van der Waals surface area contributed by atoms with Crippen LogP contribution >= 0.6 is 0 Å². The normalized spacial score (nSPS) is 20.9. The van der Waals surface area contributed by atoms with Crippen molar-refractivity contribution in [1.29, 1.82) is 0 Å². The first-order valence-electron chi connectivity index (χ1n) is 7.13. The lowest BCUT2D eigenvalue weighted by Crippen LogP contribution is -2.22. The van der Waals surface area contributed by atoms with E-state index in [1.165, 1.54) is 16.2 Å². The van der Waals surface area contributed by atoms with E-state index in [4.69, 9.17) is 4.74 Å². The van der Waals surface area contributed by atoms with Crippen molar-refractivity contribution >= 4 is 27.6 Å². The highest BCUT2D eigenvalue weighted by molar-refractivity contribution is 6.13. The molecule has 0 fully saturated rings. The lowest BCUT2D eigenvalue weighted by atomic mass is 9.84. The van der Waals surface area contributed by atoms with E-state index in [2.05, 4.69) is 36.4 Å². The summed E-state index contributed by atoms with van der Waals surface area (Å²) in [6, 6.07) is 16.6. The second kappa shape index (κ2) is 4.69. The molecule has 2 atom stereocenters. The quantitative estimate of drug-likeness (QED) is 0.679. The van der Waals surface area contributed by atoms with Gasteiger partial charge in [0.15, 0.2) is 0 Å². The van der Waals surface area contributed by atoms with Gasteiger partial charge in [0, 0.05) is 7.11 Å². The zero-order valence-corrected chi connectivity index (χ0v) is 11.8. The van der Waals surface area contributed by atoms with Crippen LogP contribution in [-0.4, -0.2) is 18.3 Å². The van der Waals surface area contributed by atoms with Gasteiger partial charge in [-0.1, -0.05) is 60.7 Å². The van der Waals surface area contributed by atoms with Gasteiger partial charge in [0.1, 0.15) is 12.2 Å². The Balaban J connectivity index is 2.21. The van der Waals surface area contributed by atoms with Crippen molar-refractivity contribution in [2.75, 3.05) is 7.11 Å². The summed E-state index contributed by atoms with van der Waals surface area (Å²) in [5.74, 6) is 0. The Labute approximate surface area is 123 Å². The Bertz CT molecular complexity index is 864. The molecule has 0 heterocycles. The summed E-state index contributed by atoms with van der Waals surface area (Å²) in [5.41, 5.74) is 2.07. The standard InChI is InChI=1S/C19H16O2/c1-21-17-11-10-16-14-8-3-2-6-12(14)13-7-4-5-9-15(13)18(16)19(17)20/h2-11,17,19-20H,1H3/t17-,19+/m1/s1. The zero-order chi connectivity index (χ0) is 14.4. The number of aliphatic hydroxyl groups is 1. The average Bonchev–Trinajstić information content (AvgIpc) is 2.55. The molecule has 3 aromatic rings. The van der Waals surface area contributed by atoms with Gasteiger partial charge in [0.25, 0.3) is 0 Å². The van der Waals surface area contributed by atoms with Crippen molar-refractivity contribution in [2.45, 2.75) is 12.2 Å². The van der Waals surface area contributed by atoms with Crippen LogP contribution in [0.3, 0.4) is 0 Å². The SMILES string of the molecule is CO[C@@H]1C=Cc2c(c3ccccc3c3ccccc23)[C@H]1O. The number of aliphatic hydroxyl groups excluding tert-OH is 1. The van der Waals surface area contributed by atoms with Crippen molar-refractivity contribution in [3.05, 3.63) is 65.7 Å². The van der Waals surface area contributed by atoms with Crippen molar-refractivity contribution in [3.63, 3.8) is 0 Å². The fraction of sp³-hybridized carbons (Fsp3) is 0.158. The molecule has 4 rings (SSSR count). The molecule has 1 aliphatic rings. The predicted molar refractivity (Wildman–Crippen MR) is 86.2 cm³/mol. The molecule has 0 saturated carbocycles. The Morgan fingerprint density at radius 1 is 0.857 bits per heavy atom. The molecule has 0 unspecified atom stereocenters. The van der Waals surface area contributed by atoms with Gasteiger partial charge in [-0.3, -0.25) is 0 Å². The molecule has 3 aromatic carbocycles. The highest BCUT2D eigenvalue weighted by Crippen LogP contribution is 2.40. The predicted octanol–water partition coefficient (Wildman–Crippen LogP) is 4.07. The number of benzene rings is 3. The summed E-state index contributed by atoms with van der Waals surface area (Å²) < 4.78 is 5.38. The number of rotatable bonds is 1. The minimum absolute atomic E-state index is 0.290. The van der Waals surface area contributed by atoms with Crippen molar-refractivity contribution in [1.82, 2.24) is 0 Å². The maximum Gasteiger partial charge on any atom is 0.110 e. The van der Waals surface area contributed by atoms with Crippen LogP contribution in [0.5, 0.6) is 0 Å². The van der Waals surface area contributed by atoms with E-state index in [1.807, 2.05) is 24.3 Å². The third kappa shape index (κ3) is 1.73. The largest absolute Gasteiger partial charge is 0.385 e. The molecule has 2 heteroatoms. The molecular weight excluding hydrogens is 260 g/mol. The van der Waals surface area contributed by atoms with Crippen molar-refractivity contribution in [3.8, 4) is 0 Å². The first-order chi connectivity index (χ1) is 10.3. The summed E-state index contributed by atoms with van der Waals surface area (Å²) in [7, 11) is 1.63. The van der Waals surface area contributed by atoms with E-state index >= 15 is 0 Å². The van der Waals surface area contributed by atoms with Crippen LogP contribution < -0.4 is 0 Å². The van der Waals surface area contributed by atoms with Gasteiger partial charge < -0.3 is 9.84 Å². The second-order valence-electron chi connectivity index (χ2n) is 5.42. The van der Waals surface area contributed by atoms with Crippen LogP contribution in [0, 0.1) is 0 Å². The van der Waals surface area contributed by atoms with Gasteiger partial charge in [0.05, 0.1) is 0 Å². The molecule has 2 nitrogen and oxygen atoms in total. The molecule has 0 aliphatic heterocycles. The third-order valence-corrected chi connectivity index (χ3v) is 4.35. The number of hydrogen-bond acceptors (Lipinski definition) is 2. The second-order valence-corrected chi connectivity index (χ2v) is 5.42. The van der Waals surface area contributed by atoms with E-state index in [0.717, 1.165) is 16.5 Å². The minimum atomic E-state index is -0.635. The van der Waals surface area contributed by atoms with E-state index < -0.39 is 6.10 Å². The average molecular weight is 276 g/mol. The van der Waals surface area contributed by atoms with E-state index in [0.29, 0.717) is 0 Å². The smallest absolute Gasteiger partial charge is 0.110 e. The maximum absolute atomic E-state index is 10.7. The van der Waals surface area contributed by atoms with Gasteiger partial charge in [-0.05, 0) is 32.7 Å². The van der Waals surface area contributed by atoms with Gasteiger partial charge in [0.2, 0.25) is 0 Å². The Hall–Kier alpha value is -2.16. The van der Waals surface area contributed by atoms with Gasteiger partial charge in [-0.2, -0.15) is 0 Å². The van der Waals surface area contributed by atoms with Gasteiger partial charge in [-0.15, -0.1) is 0 Å². The molecule has 0 bridgehead atoms. The Morgan fingerprint density at radius 3 is 2.10 bits per heavy atom. The summed E-state index contributed by atoms with van der Waals surface area (Å²) in [4.78, 5) is 0. The Morgan fingerprint density at radius 2 is 1.43 bits per heavy atom. The number of hydrogen-bond donors (Lipinski definition) is 1.